The van der Waals surface area contributed by atoms with E-state index in [0.717, 1.165) is 11.0 Å². The molecule has 2 heterocycles. The van der Waals surface area contributed by atoms with Gasteiger partial charge < -0.3 is 10.4 Å². The summed E-state index contributed by atoms with van der Waals surface area (Å²) in [6.07, 6.45) is 2.46. The molecule has 0 spiro atoms. The fourth-order valence-electron chi connectivity index (χ4n) is 1.67. The van der Waals surface area contributed by atoms with Gasteiger partial charge in [-0.2, -0.15) is 0 Å². The van der Waals surface area contributed by atoms with E-state index in [1.807, 2.05) is 24.4 Å². The topological polar surface area (TPSA) is 66.4 Å². The lowest BCUT2D eigenvalue weighted by atomic mass is 10.2. The van der Waals surface area contributed by atoms with E-state index < -0.39 is 5.97 Å². The average molecular weight is 307 g/mol. The van der Waals surface area contributed by atoms with E-state index >= 15 is 0 Å². The van der Waals surface area contributed by atoms with Gasteiger partial charge in [-0.05, 0) is 41.5 Å². The third-order valence-electron chi connectivity index (χ3n) is 2.62. The Hall–Kier alpha value is -1.92. The minimum atomic E-state index is -1.03. The predicted molar refractivity (Wildman–Crippen MR) is 81.2 cm³/mol. The molecule has 1 atom stereocenters. The van der Waals surface area contributed by atoms with Gasteiger partial charge in [0.2, 0.25) is 0 Å². The second kappa shape index (κ2) is 6.49. The molecule has 0 aliphatic rings. The molecule has 1 amide bonds. The Balaban J connectivity index is 2.10. The van der Waals surface area contributed by atoms with Crippen LogP contribution in [0.3, 0.4) is 0 Å². The Labute approximate surface area is 124 Å². The quantitative estimate of drug-likeness (QED) is 0.832. The maximum atomic E-state index is 12.2. The van der Waals surface area contributed by atoms with Crippen LogP contribution in [0.15, 0.2) is 35.0 Å². The number of carbonyl (C=O) groups excluding carboxylic acids is 1. The molecule has 0 fully saturated rings. The van der Waals surface area contributed by atoms with Gasteiger partial charge in [-0.3, -0.25) is 4.79 Å². The number of amides is 1. The van der Waals surface area contributed by atoms with E-state index in [1.54, 1.807) is 22.8 Å². The van der Waals surface area contributed by atoms with Gasteiger partial charge in [0.05, 0.1) is 10.9 Å². The van der Waals surface area contributed by atoms with Crippen LogP contribution in [0, 0.1) is 0 Å². The number of aliphatic carboxylic acids is 1. The Morgan fingerprint density at radius 3 is 2.75 bits per heavy atom. The SMILES string of the molecule is CC(NC(=O)c1sccc1C=CC(=O)O)c1cccs1. The number of thiophene rings is 2. The van der Waals surface area contributed by atoms with Crippen LogP contribution in [0.2, 0.25) is 0 Å². The van der Waals surface area contributed by atoms with Gasteiger partial charge in [0.1, 0.15) is 0 Å². The van der Waals surface area contributed by atoms with Crippen molar-refractivity contribution in [1.29, 1.82) is 0 Å². The highest BCUT2D eigenvalue weighted by Gasteiger charge is 2.15. The van der Waals surface area contributed by atoms with Gasteiger partial charge in [0.25, 0.3) is 5.91 Å². The van der Waals surface area contributed by atoms with Crippen molar-refractivity contribution in [2.24, 2.45) is 0 Å². The number of nitrogens with one attached hydrogen (secondary N) is 1. The lowest BCUT2D eigenvalue weighted by Crippen LogP contribution is -2.25. The molecule has 1 unspecified atom stereocenters. The lowest BCUT2D eigenvalue weighted by Gasteiger charge is -2.11. The predicted octanol–water partition coefficient (Wildman–Crippen LogP) is 3.40. The molecule has 0 radical (unpaired) electrons. The largest absolute Gasteiger partial charge is 0.478 e. The van der Waals surface area contributed by atoms with Crippen LogP contribution < -0.4 is 5.32 Å². The minimum absolute atomic E-state index is 0.0686. The molecule has 104 valence electrons. The van der Waals surface area contributed by atoms with Crippen LogP contribution in [0.5, 0.6) is 0 Å². The highest BCUT2D eigenvalue weighted by atomic mass is 32.1. The zero-order chi connectivity index (χ0) is 14.5. The standard InChI is InChI=1S/C14H13NO3S2/c1-9(11-3-2-7-19-11)15-14(18)13-10(6-8-20-13)4-5-12(16)17/h2-9H,1H3,(H,15,18)(H,16,17). The summed E-state index contributed by atoms with van der Waals surface area (Å²) in [5, 5.41) is 15.3. The highest BCUT2D eigenvalue weighted by Crippen LogP contribution is 2.22. The molecule has 2 aromatic heterocycles. The molecule has 2 rings (SSSR count). The minimum Gasteiger partial charge on any atom is -0.478 e. The van der Waals surface area contributed by atoms with Crippen LogP contribution in [-0.2, 0) is 4.79 Å². The summed E-state index contributed by atoms with van der Waals surface area (Å²) in [5.74, 6) is -1.22. The van der Waals surface area contributed by atoms with Crippen molar-refractivity contribution < 1.29 is 14.7 Å². The summed E-state index contributed by atoms with van der Waals surface area (Å²) in [5.41, 5.74) is 0.619. The summed E-state index contributed by atoms with van der Waals surface area (Å²) in [6.45, 7) is 1.92. The molecular weight excluding hydrogens is 294 g/mol. The molecule has 6 heteroatoms. The maximum Gasteiger partial charge on any atom is 0.328 e. The maximum absolute atomic E-state index is 12.2. The molecule has 0 saturated heterocycles. The van der Waals surface area contributed by atoms with Crippen LogP contribution >= 0.6 is 22.7 Å². The number of carboxylic acid groups (broad SMARTS) is 1. The van der Waals surface area contributed by atoms with E-state index in [9.17, 15) is 9.59 Å². The number of carboxylic acids is 1. The molecule has 0 aliphatic heterocycles. The van der Waals surface area contributed by atoms with Gasteiger partial charge in [-0.15, -0.1) is 22.7 Å². The van der Waals surface area contributed by atoms with Crippen LogP contribution in [0.25, 0.3) is 6.08 Å². The fraction of sp³-hybridized carbons (Fsp3) is 0.143. The third kappa shape index (κ3) is 3.55. The monoisotopic (exact) mass is 307 g/mol. The van der Waals surface area contributed by atoms with Crippen LogP contribution in [-0.4, -0.2) is 17.0 Å². The van der Waals surface area contributed by atoms with E-state index in [1.165, 1.54) is 17.4 Å². The van der Waals surface area contributed by atoms with Gasteiger partial charge in [-0.1, -0.05) is 6.07 Å². The van der Waals surface area contributed by atoms with Gasteiger partial charge in [0.15, 0.2) is 0 Å². The molecule has 4 nitrogen and oxygen atoms in total. The Kier molecular flexibility index (Phi) is 4.70. The zero-order valence-corrected chi connectivity index (χ0v) is 12.3. The van der Waals surface area contributed by atoms with Crippen molar-refractivity contribution in [1.82, 2.24) is 5.32 Å². The lowest BCUT2D eigenvalue weighted by molar-refractivity contribution is -0.131. The fourth-order valence-corrected chi connectivity index (χ4v) is 3.19. The first-order chi connectivity index (χ1) is 9.58. The third-order valence-corrected chi connectivity index (χ3v) is 4.61. The molecular formula is C14H13NO3S2. The molecule has 2 aromatic rings. The summed E-state index contributed by atoms with van der Waals surface area (Å²) in [7, 11) is 0. The van der Waals surface area contributed by atoms with Gasteiger partial charge in [-0.25, -0.2) is 4.79 Å². The average Bonchev–Trinajstić information content (AvgIpc) is 3.07. The van der Waals surface area contributed by atoms with E-state index in [4.69, 9.17) is 5.11 Å². The molecule has 20 heavy (non-hydrogen) atoms. The van der Waals surface area contributed by atoms with Crippen molar-refractivity contribution >= 4 is 40.6 Å². The van der Waals surface area contributed by atoms with E-state index in [2.05, 4.69) is 5.32 Å². The molecule has 0 aliphatic carbocycles. The normalized spacial score (nSPS) is 12.4. The number of carbonyl (C=O) groups is 2. The highest BCUT2D eigenvalue weighted by molar-refractivity contribution is 7.12. The van der Waals surface area contributed by atoms with Crippen LogP contribution in [0.4, 0.5) is 0 Å². The summed E-state index contributed by atoms with van der Waals surface area (Å²) in [6, 6.07) is 5.57. The Bertz CT molecular complexity index is 629. The van der Waals surface area contributed by atoms with Crippen molar-refractivity contribution in [3.05, 3.63) is 50.4 Å². The summed E-state index contributed by atoms with van der Waals surface area (Å²) >= 11 is 2.88. The second-order valence-corrected chi connectivity index (χ2v) is 5.98. The Morgan fingerprint density at radius 1 is 1.30 bits per heavy atom. The summed E-state index contributed by atoms with van der Waals surface area (Å²) in [4.78, 5) is 24.3. The smallest absolute Gasteiger partial charge is 0.328 e. The van der Waals surface area contributed by atoms with Crippen molar-refractivity contribution in [2.75, 3.05) is 0 Å². The van der Waals surface area contributed by atoms with E-state index in [-0.39, 0.29) is 11.9 Å². The first kappa shape index (κ1) is 14.5. The molecule has 2 N–H and O–H groups in total. The van der Waals surface area contributed by atoms with Crippen molar-refractivity contribution in [2.45, 2.75) is 13.0 Å². The zero-order valence-electron chi connectivity index (χ0n) is 10.7. The summed E-state index contributed by atoms with van der Waals surface area (Å²) < 4.78 is 0. The molecule has 0 aromatic carbocycles. The first-order valence-corrected chi connectivity index (χ1v) is 7.66. The Morgan fingerprint density at radius 2 is 2.10 bits per heavy atom. The number of hydrogen-bond acceptors (Lipinski definition) is 4. The van der Waals surface area contributed by atoms with Gasteiger partial charge in [0, 0.05) is 11.0 Å². The van der Waals surface area contributed by atoms with Crippen LogP contribution in [0.1, 0.15) is 33.1 Å². The number of hydrogen-bond donors (Lipinski definition) is 2. The molecule has 0 bridgehead atoms. The second-order valence-electron chi connectivity index (χ2n) is 4.09. The van der Waals surface area contributed by atoms with Gasteiger partial charge >= 0.3 is 5.97 Å². The van der Waals surface area contributed by atoms with Crippen molar-refractivity contribution in [3.8, 4) is 0 Å². The first-order valence-electron chi connectivity index (χ1n) is 5.90. The number of rotatable bonds is 5. The van der Waals surface area contributed by atoms with E-state index in [0.29, 0.717) is 10.4 Å². The van der Waals surface area contributed by atoms with Crippen molar-refractivity contribution in [3.63, 3.8) is 0 Å². The molecule has 0 saturated carbocycles.